The highest BCUT2D eigenvalue weighted by Gasteiger charge is 2.12. The van der Waals surface area contributed by atoms with Crippen LogP contribution in [-0.2, 0) is 6.61 Å². The molecule has 0 spiro atoms. The fourth-order valence-electron chi connectivity index (χ4n) is 1.69. The summed E-state index contributed by atoms with van der Waals surface area (Å²) in [7, 11) is 0. The lowest BCUT2D eigenvalue weighted by Crippen LogP contribution is -1.92. The third-order valence-electron chi connectivity index (χ3n) is 2.58. The summed E-state index contributed by atoms with van der Waals surface area (Å²) in [5.41, 5.74) is 1.11. The van der Waals surface area contributed by atoms with Gasteiger partial charge >= 0.3 is 0 Å². The number of benzene rings is 2. The number of hydrogen-bond donors (Lipinski definition) is 1. The number of aliphatic hydroxyl groups is 1. The van der Waals surface area contributed by atoms with Crippen LogP contribution in [0, 0.1) is 15.9 Å². The molecule has 4 nitrogen and oxygen atoms in total. The molecule has 0 amide bonds. The Morgan fingerprint density at radius 3 is 2.67 bits per heavy atom. The number of rotatable bonds is 3. The minimum Gasteiger partial charge on any atom is -0.392 e. The molecule has 2 aromatic rings. The van der Waals surface area contributed by atoms with Gasteiger partial charge in [-0.1, -0.05) is 18.2 Å². The van der Waals surface area contributed by atoms with Crippen molar-refractivity contribution < 1.29 is 14.4 Å². The van der Waals surface area contributed by atoms with E-state index in [9.17, 15) is 14.5 Å². The van der Waals surface area contributed by atoms with E-state index in [1.54, 1.807) is 24.3 Å². The number of halogens is 1. The number of aliphatic hydroxyl groups excluding tert-OH is 1. The van der Waals surface area contributed by atoms with Gasteiger partial charge in [0.05, 0.1) is 11.5 Å². The van der Waals surface area contributed by atoms with Gasteiger partial charge in [-0.15, -0.1) is 0 Å². The van der Waals surface area contributed by atoms with Gasteiger partial charge in [-0.3, -0.25) is 10.1 Å². The van der Waals surface area contributed by atoms with Crippen molar-refractivity contribution in [3.8, 4) is 11.1 Å². The summed E-state index contributed by atoms with van der Waals surface area (Å²) >= 11 is 0. The van der Waals surface area contributed by atoms with Gasteiger partial charge in [-0.05, 0) is 23.3 Å². The second-order valence-electron chi connectivity index (χ2n) is 3.78. The topological polar surface area (TPSA) is 63.4 Å². The summed E-state index contributed by atoms with van der Waals surface area (Å²) in [5.74, 6) is -0.532. The third-order valence-corrected chi connectivity index (χ3v) is 2.58. The summed E-state index contributed by atoms with van der Waals surface area (Å²) in [6.07, 6.45) is 0. The SMILES string of the molecule is O=[N+]([O-])c1ccc(F)c(-c2cccc(CO)c2)c1. The molecule has 0 unspecified atom stereocenters. The monoisotopic (exact) mass is 247 g/mol. The molecular formula is C13H10FNO3. The van der Waals surface area contributed by atoms with E-state index in [1.165, 1.54) is 6.07 Å². The van der Waals surface area contributed by atoms with Gasteiger partial charge in [0.2, 0.25) is 0 Å². The molecule has 0 fully saturated rings. The number of nitrogens with zero attached hydrogens (tertiary/aromatic N) is 1. The molecule has 1 N–H and O–H groups in total. The summed E-state index contributed by atoms with van der Waals surface area (Å²) in [4.78, 5) is 10.1. The zero-order chi connectivity index (χ0) is 13.1. The summed E-state index contributed by atoms with van der Waals surface area (Å²) in [6.45, 7) is -0.162. The van der Waals surface area contributed by atoms with Gasteiger partial charge in [0.15, 0.2) is 0 Å². The van der Waals surface area contributed by atoms with E-state index in [2.05, 4.69) is 0 Å². The molecule has 0 heterocycles. The van der Waals surface area contributed by atoms with E-state index in [4.69, 9.17) is 5.11 Å². The predicted octanol–water partition coefficient (Wildman–Crippen LogP) is 2.89. The maximum Gasteiger partial charge on any atom is 0.270 e. The fourth-order valence-corrected chi connectivity index (χ4v) is 1.69. The van der Waals surface area contributed by atoms with E-state index >= 15 is 0 Å². The van der Waals surface area contributed by atoms with E-state index in [1.807, 2.05) is 0 Å². The number of non-ortho nitro benzene ring substituents is 1. The van der Waals surface area contributed by atoms with Crippen LogP contribution in [0.4, 0.5) is 10.1 Å². The van der Waals surface area contributed by atoms with Crippen molar-refractivity contribution in [1.82, 2.24) is 0 Å². The molecule has 0 atom stereocenters. The minimum atomic E-state index is -0.571. The highest BCUT2D eigenvalue weighted by atomic mass is 19.1. The van der Waals surface area contributed by atoms with Gasteiger partial charge in [0.25, 0.3) is 5.69 Å². The van der Waals surface area contributed by atoms with Crippen molar-refractivity contribution in [3.63, 3.8) is 0 Å². The first-order valence-corrected chi connectivity index (χ1v) is 5.26. The Morgan fingerprint density at radius 2 is 2.00 bits per heavy atom. The largest absolute Gasteiger partial charge is 0.392 e. The number of nitro benzene ring substituents is 1. The van der Waals surface area contributed by atoms with Gasteiger partial charge < -0.3 is 5.11 Å². The van der Waals surface area contributed by atoms with Crippen LogP contribution in [0.3, 0.4) is 0 Å². The smallest absolute Gasteiger partial charge is 0.270 e. The van der Waals surface area contributed by atoms with Crippen molar-refractivity contribution in [1.29, 1.82) is 0 Å². The Balaban J connectivity index is 2.54. The average molecular weight is 247 g/mol. The van der Waals surface area contributed by atoms with Crippen LogP contribution in [0.5, 0.6) is 0 Å². The van der Waals surface area contributed by atoms with Gasteiger partial charge in [0, 0.05) is 17.7 Å². The molecule has 0 saturated heterocycles. The Bertz CT molecular complexity index is 599. The van der Waals surface area contributed by atoms with Gasteiger partial charge in [0.1, 0.15) is 5.82 Å². The zero-order valence-electron chi connectivity index (χ0n) is 9.34. The average Bonchev–Trinajstić information content (AvgIpc) is 2.39. The van der Waals surface area contributed by atoms with E-state index in [0.717, 1.165) is 12.1 Å². The number of hydrogen-bond acceptors (Lipinski definition) is 3. The highest BCUT2D eigenvalue weighted by molar-refractivity contribution is 5.67. The first-order chi connectivity index (χ1) is 8.61. The first kappa shape index (κ1) is 12.2. The Morgan fingerprint density at radius 1 is 1.22 bits per heavy atom. The second kappa shape index (κ2) is 4.93. The highest BCUT2D eigenvalue weighted by Crippen LogP contribution is 2.27. The Kier molecular flexibility index (Phi) is 3.34. The second-order valence-corrected chi connectivity index (χ2v) is 3.78. The normalized spacial score (nSPS) is 10.3. The molecule has 0 aliphatic rings. The van der Waals surface area contributed by atoms with Gasteiger partial charge in [-0.2, -0.15) is 0 Å². The predicted molar refractivity (Wildman–Crippen MR) is 64.4 cm³/mol. The van der Waals surface area contributed by atoms with Crippen molar-refractivity contribution in [2.75, 3.05) is 0 Å². The molecule has 0 aliphatic carbocycles. The molecule has 18 heavy (non-hydrogen) atoms. The van der Waals surface area contributed by atoms with Crippen molar-refractivity contribution in [2.24, 2.45) is 0 Å². The van der Waals surface area contributed by atoms with Crippen LogP contribution < -0.4 is 0 Å². The zero-order valence-corrected chi connectivity index (χ0v) is 9.34. The molecule has 2 aromatic carbocycles. The summed E-state index contributed by atoms with van der Waals surface area (Å²) in [5, 5.41) is 19.7. The van der Waals surface area contributed by atoms with Gasteiger partial charge in [-0.25, -0.2) is 4.39 Å². The van der Waals surface area contributed by atoms with Crippen molar-refractivity contribution >= 4 is 5.69 Å². The maximum absolute atomic E-state index is 13.7. The quantitative estimate of drug-likeness (QED) is 0.670. The van der Waals surface area contributed by atoms with Crippen LogP contribution >= 0.6 is 0 Å². The minimum absolute atomic E-state index is 0.152. The molecule has 5 heteroatoms. The van der Waals surface area contributed by atoms with E-state index < -0.39 is 10.7 Å². The van der Waals surface area contributed by atoms with Crippen LogP contribution in [0.1, 0.15) is 5.56 Å². The molecule has 2 rings (SSSR count). The van der Waals surface area contributed by atoms with Crippen LogP contribution in [0.2, 0.25) is 0 Å². The van der Waals surface area contributed by atoms with Crippen molar-refractivity contribution in [2.45, 2.75) is 6.61 Å². The molecule has 0 aromatic heterocycles. The Hall–Kier alpha value is -2.27. The first-order valence-electron chi connectivity index (χ1n) is 5.26. The fraction of sp³-hybridized carbons (Fsp3) is 0.0769. The molecule has 0 saturated carbocycles. The summed E-state index contributed by atoms with van der Waals surface area (Å²) in [6, 6.07) is 9.97. The third kappa shape index (κ3) is 2.36. The lowest BCUT2D eigenvalue weighted by atomic mass is 10.0. The van der Waals surface area contributed by atoms with E-state index in [-0.39, 0.29) is 17.9 Å². The maximum atomic E-state index is 13.7. The van der Waals surface area contributed by atoms with Crippen molar-refractivity contribution in [3.05, 3.63) is 64.0 Å². The lowest BCUT2D eigenvalue weighted by Gasteiger charge is -2.05. The molecular weight excluding hydrogens is 237 g/mol. The molecule has 92 valence electrons. The molecule has 0 aliphatic heterocycles. The molecule has 0 bridgehead atoms. The van der Waals surface area contributed by atoms with Crippen LogP contribution in [0.15, 0.2) is 42.5 Å². The van der Waals surface area contributed by atoms with E-state index in [0.29, 0.717) is 11.1 Å². The molecule has 0 radical (unpaired) electrons. The summed E-state index contributed by atoms with van der Waals surface area (Å²) < 4.78 is 13.7. The standard InChI is InChI=1S/C13H10FNO3/c14-13-5-4-11(15(17)18)7-12(13)10-3-1-2-9(6-10)8-16/h1-7,16H,8H2. The Labute approximate surface area is 102 Å². The van der Waals surface area contributed by atoms with Crippen LogP contribution in [-0.4, -0.2) is 10.0 Å². The van der Waals surface area contributed by atoms with Crippen LogP contribution in [0.25, 0.3) is 11.1 Å². The number of nitro groups is 1. The lowest BCUT2D eigenvalue weighted by molar-refractivity contribution is -0.384.